The van der Waals surface area contributed by atoms with Crippen molar-refractivity contribution in [3.05, 3.63) is 0 Å². The van der Waals surface area contributed by atoms with Crippen LogP contribution in [0.1, 0.15) is 12.8 Å². The Morgan fingerprint density at radius 1 is 0.900 bits per heavy atom. The van der Waals surface area contributed by atoms with Crippen molar-refractivity contribution in [3.8, 4) is 0 Å². The fourth-order valence-electron chi connectivity index (χ4n) is 1.14. The molecule has 0 radical (unpaired) electrons. The number of rotatable bonds is 0. The SMILES string of the molecule is C1CC[NH2+]C1.C1COC[NH2+]1. The Hall–Kier alpha value is -0.120. The van der Waals surface area contributed by atoms with Gasteiger partial charge in [-0.2, -0.15) is 0 Å². The predicted octanol–water partition coefficient (Wildman–Crippen LogP) is -2.12. The summed E-state index contributed by atoms with van der Waals surface area (Å²) in [4.78, 5) is 0. The van der Waals surface area contributed by atoms with E-state index in [1.54, 1.807) is 0 Å². The van der Waals surface area contributed by atoms with Gasteiger partial charge < -0.3 is 15.4 Å². The quantitative estimate of drug-likeness (QED) is 0.403. The molecule has 2 fully saturated rings. The highest BCUT2D eigenvalue weighted by molar-refractivity contribution is 4.37. The van der Waals surface area contributed by atoms with Gasteiger partial charge in [0.1, 0.15) is 13.2 Å². The number of ether oxygens (including phenoxy) is 1. The molecule has 0 aromatic heterocycles. The van der Waals surface area contributed by atoms with Gasteiger partial charge in [0.25, 0.3) is 0 Å². The third-order valence-electron chi connectivity index (χ3n) is 1.77. The minimum absolute atomic E-state index is 0.875. The molecule has 0 aliphatic carbocycles. The Balaban J connectivity index is 0.0000001000. The monoisotopic (exact) mass is 146 g/mol. The first-order valence-electron chi connectivity index (χ1n) is 4.21. The van der Waals surface area contributed by atoms with Gasteiger partial charge >= 0.3 is 0 Å². The molecule has 0 spiro atoms. The molecule has 0 amide bonds. The molecular formula is C7H18N2O+2. The zero-order chi connectivity index (χ0) is 7.07. The fraction of sp³-hybridized carbons (Fsp3) is 1.00. The van der Waals surface area contributed by atoms with Crippen LogP contribution in [0, 0.1) is 0 Å². The van der Waals surface area contributed by atoms with Crippen molar-refractivity contribution in [1.82, 2.24) is 0 Å². The molecule has 4 N–H and O–H groups in total. The van der Waals surface area contributed by atoms with Gasteiger partial charge in [0.15, 0.2) is 6.73 Å². The van der Waals surface area contributed by atoms with Crippen LogP contribution >= 0.6 is 0 Å². The second-order valence-corrected chi connectivity index (χ2v) is 2.73. The first-order chi connectivity index (χ1) is 5.00. The van der Waals surface area contributed by atoms with Gasteiger partial charge in [-0.3, -0.25) is 0 Å². The first-order valence-corrected chi connectivity index (χ1v) is 4.21. The van der Waals surface area contributed by atoms with E-state index in [0.717, 1.165) is 19.9 Å². The van der Waals surface area contributed by atoms with Gasteiger partial charge in [0.2, 0.25) is 0 Å². The zero-order valence-electron chi connectivity index (χ0n) is 6.51. The summed E-state index contributed by atoms with van der Waals surface area (Å²) in [5.41, 5.74) is 0. The Morgan fingerprint density at radius 2 is 1.70 bits per heavy atom. The molecule has 60 valence electrons. The number of quaternary nitrogens is 2. The van der Waals surface area contributed by atoms with E-state index >= 15 is 0 Å². The summed E-state index contributed by atoms with van der Waals surface area (Å²) in [6.45, 7) is 5.72. The van der Waals surface area contributed by atoms with Gasteiger partial charge in [-0.15, -0.1) is 0 Å². The van der Waals surface area contributed by atoms with Crippen LogP contribution in [0.25, 0.3) is 0 Å². The highest BCUT2D eigenvalue weighted by Crippen LogP contribution is 1.82. The average molecular weight is 146 g/mol. The van der Waals surface area contributed by atoms with Crippen molar-refractivity contribution < 1.29 is 15.4 Å². The van der Waals surface area contributed by atoms with Crippen LogP contribution in [0.2, 0.25) is 0 Å². The summed E-state index contributed by atoms with van der Waals surface area (Å²) in [5.74, 6) is 0. The van der Waals surface area contributed by atoms with Crippen molar-refractivity contribution in [1.29, 1.82) is 0 Å². The van der Waals surface area contributed by atoms with Crippen molar-refractivity contribution in [3.63, 3.8) is 0 Å². The maximum absolute atomic E-state index is 4.89. The molecule has 2 saturated heterocycles. The van der Waals surface area contributed by atoms with Crippen LogP contribution in [0.3, 0.4) is 0 Å². The number of nitrogens with two attached hydrogens (primary N) is 2. The lowest BCUT2D eigenvalue weighted by atomic mass is 10.4. The Bertz CT molecular complexity index is 44.8. The van der Waals surface area contributed by atoms with Crippen LogP contribution in [0.15, 0.2) is 0 Å². The summed E-state index contributed by atoms with van der Waals surface area (Å²) in [6, 6.07) is 0. The van der Waals surface area contributed by atoms with Crippen molar-refractivity contribution in [2.75, 3.05) is 33.0 Å². The molecule has 0 aromatic rings. The van der Waals surface area contributed by atoms with Gasteiger partial charge in [0, 0.05) is 12.8 Å². The van der Waals surface area contributed by atoms with Gasteiger partial charge in [-0.05, 0) is 0 Å². The number of hydrogen-bond donors (Lipinski definition) is 2. The molecule has 10 heavy (non-hydrogen) atoms. The number of hydrogen-bond acceptors (Lipinski definition) is 1. The first kappa shape index (κ1) is 7.98. The van der Waals surface area contributed by atoms with E-state index in [-0.39, 0.29) is 0 Å². The average Bonchev–Trinajstić information content (AvgIpc) is 2.67. The lowest BCUT2D eigenvalue weighted by Gasteiger charge is -1.73. The summed E-state index contributed by atoms with van der Waals surface area (Å²) in [7, 11) is 0. The lowest BCUT2D eigenvalue weighted by molar-refractivity contribution is -0.650. The molecule has 0 bridgehead atoms. The Kier molecular flexibility index (Phi) is 4.51. The Morgan fingerprint density at radius 3 is 1.90 bits per heavy atom. The highest BCUT2D eigenvalue weighted by Gasteiger charge is 1.97. The zero-order valence-corrected chi connectivity index (χ0v) is 6.51. The van der Waals surface area contributed by atoms with Crippen LogP contribution in [-0.2, 0) is 4.74 Å². The molecule has 3 nitrogen and oxygen atoms in total. The van der Waals surface area contributed by atoms with E-state index in [1.165, 1.54) is 25.9 Å². The van der Waals surface area contributed by atoms with Crippen LogP contribution in [-0.4, -0.2) is 33.0 Å². The van der Waals surface area contributed by atoms with Crippen LogP contribution in [0.4, 0.5) is 0 Å². The lowest BCUT2D eigenvalue weighted by Crippen LogP contribution is -2.81. The van der Waals surface area contributed by atoms with Crippen LogP contribution < -0.4 is 10.6 Å². The minimum Gasteiger partial charge on any atom is -0.346 e. The van der Waals surface area contributed by atoms with E-state index in [0.29, 0.717) is 0 Å². The topological polar surface area (TPSA) is 42.5 Å². The molecule has 0 unspecified atom stereocenters. The van der Waals surface area contributed by atoms with Crippen molar-refractivity contribution in [2.45, 2.75) is 12.8 Å². The van der Waals surface area contributed by atoms with E-state index in [4.69, 9.17) is 4.74 Å². The summed E-state index contributed by atoms with van der Waals surface area (Å²) in [6.07, 6.45) is 2.89. The van der Waals surface area contributed by atoms with E-state index in [2.05, 4.69) is 10.6 Å². The molecule has 3 heteroatoms. The molecule has 0 saturated carbocycles. The Labute approximate surface area is 62.1 Å². The van der Waals surface area contributed by atoms with Crippen molar-refractivity contribution in [2.24, 2.45) is 0 Å². The maximum atomic E-state index is 4.89. The third kappa shape index (κ3) is 3.82. The van der Waals surface area contributed by atoms with Crippen LogP contribution in [0.5, 0.6) is 0 Å². The molecule has 2 rings (SSSR count). The second kappa shape index (κ2) is 5.65. The predicted molar refractivity (Wildman–Crippen MR) is 38.5 cm³/mol. The van der Waals surface area contributed by atoms with E-state index in [1.807, 2.05) is 0 Å². The molecule has 0 aromatic carbocycles. The van der Waals surface area contributed by atoms with Gasteiger partial charge in [-0.1, -0.05) is 0 Å². The normalized spacial score (nSPS) is 24.0. The summed E-state index contributed by atoms with van der Waals surface area (Å²) >= 11 is 0. The molecular weight excluding hydrogens is 128 g/mol. The molecule has 0 atom stereocenters. The summed E-state index contributed by atoms with van der Waals surface area (Å²) in [5, 5.41) is 4.50. The second-order valence-electron chi connectivity index (χ2n) is 2.73. The molecule has 2 aliphatic heterocycles. The maximum Gasteiger partial charge on any atom is 0.180 e. The van der Waals surface area contributed by atoms with Gasteiger partial charge in [-0.25, -0.2) is 0 Å². The molecule has 2 heterocycles. The van der Waals surface area contributed by atoms with Gasteiger partial charge in [0.05, 0.1) is 13.1 Å². The van der Waals surface area contributed by atoms with E-state index in [9.17, 15) is 0 Å². The molecule has 2 aliphatic rings. The largest absolute Gasteiger partial charge is 0.346 e. The fourth-order valence-corrected chi connectivity index (χ4v) is 1.14. The van der Waals surface area contributed by atoms with E-state index < -0.39 is 0 Å². The minimum atomic E-state index is 0.875. The standard InChI is InChI=1S/C4H9N.C3H7NO/c1-2-4-5-3-1;1-2-5-3-4-1/h5H,1-4H2;4H,1-3H2/p+2. The highest BCUT2D eigenvalue weighted by atomic mass is 16.5. The summed E-state index contributed by atoms with van der Waals surface area (Å²) < 4.78 is 4.89. The smallest absolute Gasteiger partial charge is 0.180 e. The van der Waals surface area contributed by atoms with Crippen molar-refractivity contribution >= 4 is 0 Å². The third-order valence-corrected chi connectivity index (χ3v) is 1.77.